The predicted molar refractivity (Wildman–Crippen MR) is 68.4 cm³/mol. The molecule has 17 heavy (non-hydrogen) atoms. The van der Waals surface area contributed by atoms with E-state index in [1.807, 2.05) is 0 Å². The molecule has 1 rings (SSSR count). The molecule has 4 N–H and O–H groups in total. The van der Waals surface area contributed by atoms with Gasteiger partial charge in [-0.1, -0.05) is 13.8 Å². The van der Waals surface area contributed by atoms with E-state index in [0.717, 1.165) is 25.9 Å². The number of nitrogens with two attached hydrogens (primary N) is 2. The summed E-state index contributed by atoms with van der Waals surface area (Å²) in [4.78, 5) is 11.3. The Morgan fingerprint density at radius 1 is 1.53 bits per heavy atom. The molecule has 0 heterocycles. The quantitative estimate of drug-likeness (QED) is 0.694. The van der Waals surface area contributed by atoms with Crippen LogP contribution in [-0.2, 0) is 9.53 Å². The summed E-state index contributed by atoms with van der Waals surface area (Å²) in [5, 5.41) is 0. The zero-order valence-electron chi connectivity index (χ0n) is 11.1. The highest BCUT2D eigenvalue weighted by molar-refractivity contribution is 5.84. The van der Waals surface area contributed by atoms with E-state index in [9.17, 15) is 4.79 Å². The minimum Gasteiger partial charge on any atom is -0.378 e. The van der Waals surface area contributed by atoms with Crippen LogP contribution in [-0.4, -0.2) is 24.2 Å². The van der Waals surface area contributed by atoms with Gasteiger partial charge in [0.1, 0.15) is 0 Å². The zero-order chi connectivity index (χ0) is 12.9. The summed E-state index contributed by atoms with van der Waals surface area (Å²) in [5.41, 5.74) is 10.5. The number of carbonyl (C=O) groups is 1. The van der Waals surface area contributed by atoms with Crippen molar-refractivity contribution in [1.29, 1.82) is 0 Å². The van der Waals surface area contributed by atoms with Gasteiger partial charge in [-0.25, -0.2) is 0 Å². The molecule has 1 amide bonds. The third-order valence-corrected chi connectivity index (χ3v) is 3.51. The number of ether oxygens (including phenoxy) is 1. The first kappa shape index (κ1) is 14.5. The zero-order valence-corrected chi connectivity index (χ0v) is 11.1. The highest BCUT2D eigenvalue weighted by atomic mass is 16.5. The lowest BCUT2D eigenvalue weighted by molar-refractivity contribution is -0.126. The lowest BCUT2D eigenvalue weighted by Crippen LogP contribution is -2.56. The SMILES string of the molecule is CC(C)CCCOC1CCCC(N)(C(N)=O)C1. The first-order valence-electron chi connectivity index (χ1n) is 6.64. The molecule has 2 atom stereocenters. The van der Waals surface area contributed by atoms with Crippen LogP contribution in [0.2, 0.25) is 0 Å². The highest BCUT2D eigenvalue weighted by Gasteiger charge is 2.38. The van der Waals surface area contributed by atoms with E-state index in [-0.39, 0.29) is 6.10 Å². The van der Waals surface area contributed by atoms with Gasteiger partial charge in [0, 0.05) is 13.0 Å². The molecule has 100 valence electrons. The standard InChI is InChI=1S/C13H26N2O2/c1-10(2)5-4-8-17-11-6-3-7-13(15,9-11)12(14)16/h10-11H,3-9,15H2,1-2H3,(H2,14,16). The van der Waals surface area contributed by atoms with Crippen molar-refractivity contribution in [1.82, 2.24) is 0 Å². The Balaban J connectivity index is 2.28. The maximum Gasteiger partial charge on any atom is 0.237 e. The predicted octanol–water partition coefficient (Wildman–Crippen LogP) is 1.56. The first-order valence-corrected chi connectivity index (χ1v) is 6.64. The van der Waals surface area contributed by atoms with Gasteiger partial charge in [0.15, 0.2) is 0 Å². The Hall–Kier alpha value is -0.610. The topological polar surface area (TPSA) is 78.3 Å². The molecule has 0 spiro atoms. The van der Waals surface area contributed by atoms with Crippen molar-refractivity contribution < 1.29 is 9.53 Å². The minimum atomic E-state index is -0.846. The third-order valence-electron chi connectivity index (χ3n) is 3.51. The van der Waals surface area contributed by atoms with Gasteiger partial charge in [0.05, 0.1) is 11.6 Å². The summed E-state index contributed by atoms with van der Waals surface area (Å²) < 4.78 is 5.79. The van der Waals surface area contributed by atoms with Crippen molar-refractivity contribution >= 4 is 5.91 Å². The number of amides is 1. The summed E-state index contributed by atoms with van der Waals surface area (Å²) in [7, 11) is 0. The van der Waals surface area contributed by atoms with Crippen LogP contribution in [0.25, 0.3) is 0 Å². The van der Waals surface area contributed by atoms with Crippen molar-refractivity contribution in [2.45, 2.75) is 64.0 Å². The summed E-state index contributed by atoms with van der Waals surface area (Å²) >= 11 is 0. The average molecular weight is 242 g/mol. The monoisotopic (exact) mass is 242 g/mol. The second-order valence-corrected chi connectivity index (χ2v) is 5.65. The molecule has 0 saturated heterocycles. The largest absolute Gasteiger partial charge is 0.378 e. The lowest BCUT2D eigenvalue weighted by Gasteiger charge is -2.35. The van der Waals surface area contributed by atoms with Crippen molar-refractivity contribution in [3.8, 4) is 0 Å². The number of hydrogen-bond acceptors (Lipinski definition) is 3. The van der Waals surface area contributed by atoms with E-state index in [4.69, 9.17) is 16.2 Å². The van der Waals surface area contributed by atoms with E-state index in [1.54, 1.807) is 0 Å². The molecule has 4 heteroatoms. The molecular formula is C13H26N2O2. The van der Waals surface area contributed by atoms with Gasteiger partial charge in [-0.15, -0.1) is 0 Å². The third kappa shape index (κ3) is 4.64. The van der Waals surface area contributed by atoms with E-state index >= 15 is 0 Å². The number of carbonyl (C=O) groups excluding carboxylic acids is 1. The molecule has 0 aromatic heterocycles. The van der Waals surface area contributed by atoms with Gasteiger partial charge in [-0.2, -0.15) is 0 Å². The van der Waals surface area contributed by atoms with Crippen molar-refractivity contribution in [2.24, 2.45) is 17.4 Å². The summed E-state index contributed by atoms with van der Waals surface area (Å²) in [6.07, 6.45) is 5.53. The van der Waals surface area contributed by atoms with Crippen molar-refractivity contribution in [3.63, 3.8) is 0 Å². The maximum absolute atomic E-state index is 11.3. The second kappa shape index (κ2) is 6.36. The van der Waals surface area contributed by atoms with Crippen LogP contribution in [0.4, 0.5) is 0 Å². The van der Waals surface area contributed by atoms with Crippen LogP contribution < -0.4 is 11.5 Å². The van der Waals surface area contributed by atoms with E-state index in [0.29, 0.717) is 18.8 Å². The van der Waals surface area contributed by atoms with Gasteiger partial charge in [-0.3, -0.25) is 4.79 Å². The molecule has 0 aromatic rings. The van der Waals surface area contributed by atoms with Crippen LogP contribution in [0, 0.1) is 5.92 Å². The molecule has 0 aliphatic heterocycles. The summed E-state index contributed by atoms with van der Waals surface area (Å²) in [5.74, 6) is 0.317. The fourth-order valence-corrected chi connectivity index (χ4v) is 2.36. The fraction of sp³-hybridized carbons (Fsp3) is 0.923. The van der Waals surface area contributed by atoms with Crippen molar-refractivity contribution in [3.05, 3.63) is 0 Å². The molecule has 1 fully saturated rings. The van der Waals surface area contributed by atoms with Crippen molar-refractivity contribution in [2.75, 3.05) is 6.61 Å². The normalized spacial score (nSPS) is 29.5. The minimum absolute atomic E-state index is 0.105. The molecule has 1 saturated carbocycles. The Morgan fingerprint density at radius 3 is 2.82 bits per heavy atom. The van der Waals surface area contributed by atoms with E-state index < -0.39 is 11.4 Å². The molecule has 0 bridgehead atoms. The maximum atomic E-state index is 11.3. The number of primary amides is 1. The van der Waals surface area contributed by atoms with Gasteiger partial charge in [-0.05, 0) is 38.0 Å². The first-order chi connectivity index (χ1) is 7.94. The Labute approximate surface area is 104 Å². The fourth-order valence-electron chi connectivity index (χ4n) is 2.36. The summed E-state index contributed by atoms with van der Waals surface area (Å²) in [6.45, 7) is 5.18. The number of hydrogen-bond donors (Lipinski definition) is 2. The smallest absolute Gasteiger partial charge is 0.237 e. The summed E-state index contributed by atoms with van der Waals surface area (Å²) in [6, 6.07) is 0. The van der Waals surface area contributed by atoms with Gasteiger partial charge >= 0.3 is 0 Å². The van der Waals surface area contributed by atoms with Gasteiger partial charge in [0.25, 0.3) is 0 Å². The lowest BCUT2D eigenvalue weighted by atomic mass is 9.80. The van der Waals surface area contributed by atoms with Gasteiger partial charge < -0.3 is 16.2 Å². The van der Waals surface area contributed by atoms with Crippen LogP contribution in [0.5, 0.6) is 0 Å². The van der Waals surface area contributed by atoms with Crippen LogP contribution >= 0.6 is 0 Å². The Kier molecular flexibility index (Phi) is 5.40. The second-order valence-electron chi connectivity index (χ2n) is 5.65. The van der Waals surface area contributed by atoms with E-state index in [1.165, 1.54) is 6.42 Å². The Bertz CT molecular complexity index is 256. The van der Waals surface area contributed by atoms with Crippen LogP contribution in [0.15, 0.2) is 0 Å². The molecule has 0 radical (unpaired) electrons. The van der Waals surface area contributed by atoms with Crippen LogP contribution in [0.3, 0.4) is 0 Å². The highest BCUT2D eigenvalue weighted by Crippen LogP contribution is 2.28. The van der Waals surface area contributed by atoms with Crippen LogP contribution in [0.1, 0.15) is 52.4 Å². The molecular weight excluding hydrogens is 216 g/mol. The molecule has 4 nitrogen and oxygen atoms in total. The van der Waals surface area contributed by atoms with E-state index in [2.05, 4.69) is 13.8 Å². The van der Waals surface area contributed by atoms with Gasteiger partial charge in [0.2, 0.25) is 5.91 Å². The molecule has 1 aliphatic rings. The average Bonchev–Trinajstić information content (AvgIpc) is 2.24. The Morgan fingerprint density at radius 2 is 2.24 bits per heavy atom. The molecule has 1 aliphatic carbocycles. The molecule has 0 aromatic carbocycles. The molecule has 2 unspecified atom stereocenters. The number of rotatable bonds is 6.